The van der Waals surface area contributed by atoms with E-state index in [1.54, 1.807) is 37.3 Å². The van der Waals surface area contributed by atoms with Crippen LogP contribution < -0.4 is 0 Å². The van der Waals surface area contributed by atoms with Crippen molar-refractivity contribution in [2.75, 3.05) is 6.61 Å². The van der Waals surface area contributed by atoms with E-state index in [0.717, 1.165) is 6.08 Å². The minimum Gasteiger partial charge on any atom is -0.267 e. The van der Waals surface area contributed by atoms with Gasteiger partial charge in [-0.2, -0.15) is 0 Å². The molecule has 0 N–H and O–H groups in total. The van der Waals surface area contributed by atoms with E-state index in [2.05, 4.69) is 6.58 Å². The van der Waals surface area contributed by atoms with Crippen molar-refractivity contribution >= 4 is 11.8 Å². The molecule has 2 amide bonds. The molecule has 0 saturated heterocycles. The zero-order valence-corrected chi connectivity index (χ0v) is 9.05. The molecule has 0 aliphatic carbocycles. The predicted molar refractivity (Wildman–Crippen MR) is 59.4 cm³/mol. The maximum Gasteiger partial charge on any atom is 0.285 e. The van der Waals surface area contributed by atoms with Crippen LogP contribution in [0.15, 0.2) is 43.0 Å². The first-order valence-electron chi connectivity index (χ1n) is 4.89. The second-order valence-electron chi connectivity index (χ2n) is 2.93. The molecule has 1 aromatic rings. The van der Waals surface area contributed by atoms with Gasteiger partial charge in [-0.05, 0) is 25.1 Å². The van der Waals surface area contributed by atoms with E-state index in [0.29, 0.717) is 10.6 Å². The van der Waals surface area contributed by atoms with Gasteiger partial charge in [-0.25, -0.2) is 0 Å². The van der Waals surface area contributed by atoms with Crippen LogP contribution in [0.4, 0.5) is 0 Å². The number of rotatable bonds is 4. The van der Waals surface area contributed by atoms with Crippen LogP contribution in [0.5, 0.6) is 0 Å². The quantitative estimate of drug-likeness (QED) is 0.573. The molecule has 0 atom stereocenters. The van der Waals surface area contributed by atoms with Gasteiger partial charge in [0.25, 0.3) is 11.8 Å². The Morgan fingerprint density at radius 2 is 2.00 bits per heavy atom. The second-order valence-corrected chi connectivity index (χ2v) is 2.93. The van der Waals surface area contributed by atoms with Gasteiger partial charge in [0, 0.05) is 5.56 Å². The molecule has 1 rings (SSSR count). The van der Waals surface area contributed by atoms with Gasteiger partial charge >= 0.3 is 0 Å². The average Bonchev–Trinajstić information content (AvgIpc) is 2.35. The van der Waals surface area contributed by atoms with Crippen molar-refractivity contribution in [3.8, 4) is 0 Å². The maximum absolute atomic E-state index is 11.9. The number of nitrogens with zero attached hydrogens (tertiary/aromatic N) is 1. The predicted octanol–water partition coefficient (Wildman–Crippen LogP) is 1.79. The normalized spacial score (nSPS) is 9.56. The van der Waals surface area contributed by atoms with Crippen molar-refractivity contribution in [3.05, 3.63) is 48.6 Å². The highest BCUT2D eigenvalue weighted by molar-refractivity contribution is 6.06. The summed E-state index contributed by atoms with van der Waals surface area (Å²) in [6.45, 7) is 5.25. The second kappa shape index (κ2) is 5.82. The first kappa shape index (κ1) is 12.1. The van der Waals surface area contributed by atoms with Crippen molar-refractivity contribution in [2.24, 2.45) is 0 Å². The summed E-state index contributed by atoms with van der Waals surface area (Å²) >= 11 is 0. The number of imide groups is 1. The van der Waals surface area contributed by atoms with Crippen molar-refractivity contribution < 1.29 is 14.4 Å². The van der Waals surface area contributed by atoms with E-state index in [9.17, 15) is 9.59 Å². The van der Waals surface area contributed by atoms with E-state index in [1.807, 2.05) is 0 Å². The SMILES string of the molecule is C=CC(=O)N(OCC)C(=O)c1ccccc1. The van der Waals surface area contributed by atoms with Gasteiger partial charge in [-0.3, -0.25) is 14.4 Å². The lowest BCUT2D eigenvalue weighted by atomic mass is 10.2. The molecular weight excluding hydrogens is 206 g/mol. The van der Waals surface area contributed by atoms with Gasteiger partial charge in [0.1, 0.15) is 0 Å². The van der Waals surface area contributed by atoms with Crippen LogP contribution in [0.2, 0.25) is 0 Å². The Morgan fingerprint density at radius 3 is 2.50 bits per heavy atom. The smallest absolute Gasteiger partial charge is 0.267 e. The molecule has 0 fully saturated rings. The molecule has 4 nitrogen and oxygen atoms in total. The first-order chi connectivity index (χ1) is 7.70. The zero-order chi connectivity index (χ0) is 12.0. The van der Waals surface area contributed by atoms with E-state index < -0.39 is 11.8 Å². The van der Waals surface area contributed by atoms with Crippen LogP contribution in [-0.4, -0.2) is 23.5 Å². The number of carbonyl (C=O) groups excluding carboxylic acids is 2. The fourth-order valence-corrected chi connectivity index (χ4v) is 1.13. The minimum absolute atomic E-state index is 0.234. The fraction of sp³-hybridized carbons (Fsp3) is 0.167. The number of carbonyl (C=O) groups is 2. The summed E-state index contributed by atoms with van der Waals surface area (Å²) in [6.07, 6.45) is 1.04. The lowest BCUT2D eigenvalue weighted by Crippen LogP contribution is -2.35. The molecule has 0 spiro atoms. The topological polar surface area (TPSA) is 46.6 Å². The molecule has 84 valence electrons. The van der Waals surface area contributed by atoms with Gasteiger partial charge in [-0.1, -0.05) is 24.8 Å². The summed E-state index contributed by atoms with van der Waals surface area (Å²) in [5.74, 6) is -1.07. The average molecular weight is 219 g/mol. The van der Waals surface area contributed by atoms with Crippen molar-refractivity contribution in [3.63, 3.8) is 0 Å². The molecule has 0 radical (unpaired) electrons. The number of benzene rings is 1. The number of amides is 2. The fourth-order valence-electron chi connectivity index (χ4n) is 1.13. The van der Waals surface area contributed by atoms with Crippen LogP contribution >= 0.6 is 0 Å². The molecule has 0 aliphatic rings. The van der Waals surface area contributed by atoms with E-state index >= 15 is 0 Å². The highest BCUT2D eigenvalue weighted by Gasteiger charge is 2.21. The highest BCUT2D eigenvalue weighted by atomic mass is 16.7. The van der Waals surface area contributed by atoms with E-state index in [-0.39, 0.29) is 6.61 Å². The molecule has 0 heterocycles. The standard InChI is InChI=1S/C12H13NO3/c1-3-11(14)13(16-4-2)12(15)10-8-6-5-7-9-10/h3,5-9H,1,4H2,2H3. The maximum atomic E-state index is 11.9. The van der Waals surface area contributed by atoms with Gasteiger partial charge in [0.2, 0.25) is 0 Å². The summed E-state index contributed by atoms with van der Waals surface area (Å²) in [7, 11) is 0. The summed E-state index contributed by atoms with van der Waals surface area (Å²) in [6, 6.07) is 8.46. The van der Waals surface area contributed by atoms with Crippen LogP contribution in [0, 0.1) is 0 Å². The van der Waals surface area contributed by atoms with Gasteiger partial charge in [0.05, 0.1) is 6.61 Å². The van der Waals surface area contributed by atoms with Crippen LogP contribution in [0.25, 0.3) is 0 Å². The summed E-state index contributed by atoms with van der Waals surface area (Å²) in [5, 5.41) is 0.711. The van der Waals surface area contributed by atoms with Gasteiger partial charge in [-0.15, -0.1) is 5.06 Å². The largest absolute Gasteiger partial charge is 0.285 e. The Morgan fingerprint density at radius 1 is 1.38 bits per heavy atom. The molecule has 0 unspecified atom stereocenters. The van der Waals surface area contributed by atoms with Crippen LogP contribution in [-0.2, 0) is 9.63 Å². The Hall–Kier alpha value is -1.94. The zero-order valence-electron chi connectivity index (χ0n) is 9.05. The monoisotopic (exact) mass is 219 g/mol. The first-order valence-corrected chi connectivity index (χ1v) is 4.89. The third-order valence-electron chi connectivity index (χ3n) is 1.84. The molecule has 0 saturated carbocycles. The Kier molecular flexibility index (Phi) is 4.42. The van der Waals surface area contributed by atoms with Crippen LogP contribution in [0.1, 0.15) is 17.3 Å². The Balaban J connectivity index is 2.91. The number of hydroxylamine groups is 2. The van der Waals surface area contributed by atoms with E-state index in [4.69, 9.17) is 4.84 Å². The summed E-state index contributed by atoms with van der Waals surface area (Å²) in [4.78, 5) is 28.2. The summed E-state index contributed by atoms with van der Waals surface area (Å²) in [5.41, 5.74) is 0.395. The minimum atomic E-state index is -0.573. The number of hydrogen-bond donors (Lipinski definition) is 0. The Bertz CT molecular complexity index is 387. The van der Waals surface area contributed by atoms with Gasteiger partial charge < -0.3 is 0 Å². The van der Waals surface area contributed by atoms with Crippen molar-refractivity contribution in [2.45, 2.75) is 6.92 Å². The third-order valence-corrected chi connectivity index (χ3v) is 1.84. The van der Waals surface area contributed by atoms with Crippen molar-refractivity contribution in [1.82, 2.24) is 5.06 Å². The molecule has 0 aliphatic heterocycles. The van der Waals surface area contributed by atoms with E-state index in [1.165, 1.54) is 0 Å². The van der Waals surface area contributed by atoms with Crippen LogP contribution in [0.3, 0.4) is 0 Å². The molecular formula is C12H13NO3. The molecule has 1 aromatic carbocycles. The summed E-state index contributed by atoms with van der Waals surface area (Å²) < 4.78 is 0. The Labute approximate surface area is 94.1 Å². The number of hydrogen-bond acceptors (Lipinski definition) is 3. The van der Waals surface area contributed by atoms with Gasteiger partial charge in [0.15, 0.2) is 0 Å². The molecule has 4 heteroatoms. The lowest BCUT2D eigenvalue weighted by Gasteiger charge is -2.17. The third kappa shape index (κ3) is 2.77. The molecule has 0 bridgehead atoms. The lowest BCUT2D eigenvalue weighted by molar-refractivity contribution is -0.162. The highest BCUT2D eigenvalue weighted by Crippen LogP contribution is 2.06. The van der Waals surface area contributed by atoms with Crippen molar-refractivity contribution in [1.29, 1.82) is 0 Å². The molecule has 0 aromatic heterocycles. The molecule has 16 heavy (non-hydrogen) atoms.